The van der Waals surface area contributed by atoms with E-state index >= 15 is 0 Å². The van der Waals surface area contributed by atoms with Crippen LogP contribution in [0, 0.1) is 0 Å². The molecule has 0 spiro atoms. The van der Waals surface area contributed by atoms with E-state index in [1.807, 2.05) is 24.3 Å². The highest BCUT2D eigenvalue weighted by atomic mass is 16.6. The number of carbonyl (C=O) groups is 2. The monoisotopic (exact) mass is 305 g/mol. The number of hydrogen-bond acceptors (Lipinski definition) is 3. The van der Waals surface area contributed by atoms with Crippen molar-refractivity contribution in [1.29, 1.82) is 0 Å². The van der Waals surface area contributed by atoms with Crippen LogP contribution in [0.3, 0.4) is 0 Å². The fourth-order valence-electron chi connectivity index (χ4n) is 4.67. The van der Waals surface area contributed by atoms with Crippen LogP contribution in [0.5, 0.6) is 0 Å². The van der Waals surface area contributed by atoms with E-state index in [0.717, 1.165) is 0 Å². The molecular formula is C19H15NO3. The van der Waals surface area contributed by atoms with E-state index in [0.29, 0.717) is 0 Å². The van der Waals surface area contributed by atoms with Crippen LogP contribution >= 0.6 is 0 Å². The Bertz CT molecular complexity index is 812. The van der Waals surface area contributed by atoms with Gasteiger partial charge in [0, 0.05) is 18.8 Å². The topological polar surface area (TPSA) is 46.6 Å². The molecule has 3 aliphatic carbocycles. The molecule has 4 nitrogen and oxygen atoms in total. The number of carbonyl (C=O) groups excluding carboxylic acids is 2. The maximum Gasteiger partial charge on any atom is 0.417 e. The van der Waals surface area contributed by atoms with E-state index < -0.39 is 6.09 Å². The molecule has 2 aromatic carbocycles. The second-order valence-corrected chi connectivity index (χ2v) is 6.44. The number of ether oxygens (including phenoxy) is 1. The highest BCUT2D eigenvalue weighted by Crippen LogP contribution is 2.56. The third kappa shape index (κ3) is 1.46. The third-order valence-corrected chi connectivity index (χ3v) is 5.41. The van der Waals surface area contributed by atoms with Gasteiger partial charge in [0.05, 0.1) is 6.04 Å². The summed E-state index contributed by atoms with van der Waals surface area (Å²) in [5.41, 5.74) is 4.86. The molecule has 0 N–H and O–H groups in total. The van der Waals surface area contributed by atoms with Gasteiger partial charge in [-0.25, -0.2) is 9.69 Å². The van der Waals surface area contributed by atoms with E-state index in [-0.39, 0.29) is 29.9 Å². The Hall–Kier alpha value is -2.62. The minimum atomic E-state index is -0.511. The molecule has 2 bridgehead atoms. The molecule has 0 radical (unpaired) electrons. The maximum absolute atomic E-state index is 12.3. The molecule has 2 atom stereocenters. The van der Waals surface area contributed by atoms with Crippen LogP contribution in [0.25, 0.3) is 0 Å². The predicted molar refractivity (Wildman–Crippen MR) is 83.1 cm³/mol. The molecule has 0 saturated carbocycles. The first kappa shape index (κ1) is 12.9. The quantitative estimate of drug-likeness (QED) is 0.751. The predicted octanol–water partition coefficient (Wildman–Crippen LogP) is 3.01. The SMILES string of the molecule is CC(=O)N1C(=O)O[C@H]2C3c4ccccc4C(c4ccccc43)[C@H]21. The van der Waals surface area contributed by atoms with Crippen LogP contribution in [-0.2, 0) is 9.53 Å². The summed E-state index contributed by atoms with van der Waals surface area (Å²) in [6.07, 6.45) is -0.802. The van der Waals surface area contributed by atoms with Crippen LogP contribution in [0.4, 0.5) is 4.79 Å². The molecule has 0 aromatic heterocycles. The van der Waals surface area contributed by atoms with Crippen LogP contribution in [0.1, 0.15) is 41.0 Å². The van der Waals surface area contributed by atoms with Gasteiger partial charge < -0.3 is 4.74 Å². The van der Waals surface area contributed by atoms with Crippen molar-refractivity contribution in [3.05, 3.63) is 70.8 Å². The van der Waals surface area contributed by atoms with E-state index in [1.54, 1.807) is 0 Å². The smallest absolute Gasteiger partial charge is 0.417 e. The Labute approximate surface area is 133 Å². The first-order valence-electron chi connectivity index (χ1n) is 7.86. The lowest BCUT2D eigenvalue weighted by Crippen LogP contribution is -2.52. The van der Waals surface area contributed by atoms with Crippen molar-refractivity contribution in [3.63, 3.8) is 0 Å². The minimum absolute atomic E-state index is 0.00528. The summed E-state index contributed by atoms with van der Waals surface area (Å²) in [5, 5.41) is 0. The van der Waals surface area contributed by atoms with Crippen molar-refractivity contribution in [1.82, 2.24) is 4.90 Å². The summed E-state index contributed by atoms with van der Waals surface area (Å²) in [6.45, 7) is 1.43. The van der Waals surface area contributed by atoms with E-state index in [1.165, 1.54) is 34.1 Å². The Morgan fingerprint density at radius 2 is 1.39 bits per heavy atom. The highest BCUT2D eigenvalue weighted by Gasteiger charge is 2.59. The Balaban J connectivity index is 1.81. The Kier molecular flexibility index (Phi) is 2.36. The molecule has 1 fully saturated rings. The lowest BCUT2D eigenvalue weighted by atomic mass is 9.60. The average molecular weight is 305 g/mol. The van der Waals surface area contributed by atoms with Gasteiger partial charge >= 0.3 is 6.09 Å². The number of nitrogens with zero attached hydrogens (tertiary/aromatic N) is 1. The van der Waals surface area contributed by atoms with Crippen LogP contribution in [0.2, 0.25) is 0 Å². The van der Waals surface area contributed by atoms with E-state index in [2.05, 4.69) is 24.3 Å². The van der Waals surface area contributed by atoms with Gasteiger partial charge in [0.25, 0.3) is 0 Å². The second-order valence-electron chi connectivity index (χ2n) is 6.44. The van der Waals surface area contributed by atoms with Gasteiger partial charge in [-0.05, 0) is 22.3 Å². The Morgan fingerprint density at radius 1 is 0.913 bits per heavy atom. The number of rotatable bonds is 0. The van der Waals surface area contributed by atoms with Crippen LogP contribution in [-0.4, -0.2) is 29.0 Å². The molecule has 2 amide bonds. The van der Waals surface area contributed by atoms with Gasteiger partial charge in [0.1, 0.15) is 6.10 Å². The average Bonchev–Trinajstić information content (AvgIpc) is 2.91. The molecule has 1 aliphatic heterocycles. The molecule has 6 rings (SSSR count). The first-order valence-corrected chi connectivity index (χ1v) is 7.86. The standard InChI is InChI=1S/C19H15NO3/c1-10(21)20-17-15-11-6-2-4-8-13(11)16(18(17)23-19(20)22)14-9-5-3-7-12(14)15/h2-9,15-18H,1H3/t15?,16?,17-,18+/m1/s1. The van der Waals surface area contributed by atoms with Crippen molar-refractivity contribution in [3.8, 4) is 0 Å². The maximum atomic E-state index is 12.3. The summed E-state index contributed by atoms with van der Waals surface area (Å²) in [6, 6.07) is 16.3. The molecule has 4 aliphatic rings. The number of imide groups is 1. The second kappa shape index (κ2) is 4.22. The summed E-state index contributed by atoms with van der Waals surface area (Å²) in [7, 11) is 0. The molecular weight excluding hydrogens is 290 g/mol. The molecule has 1 heterocycles. The van der Waals surface area contributed by atoms with Gasteiger partial charge in [-0.15, -0.1) is 0 Å². The minimum Gasteiger partial charge on any atom is -0.443 e. The fourth-order valence-corrected chi connectivity index (χ4v) is 4.67. The number of amides is 2. The van der Waals surface area contributed by atoms with Crippen molar-refractivity contribution in [2.24, 2.45) is 0 Å². The summed E-state index contributed by atoms with van der Waals surface area (Å²) < 4.78 is 5.65. The Morgan fingerprint density at radius 3 is 1.87 bits per heavy atom. The van der Waals surface area contributed by atoms with Crippen molar-refractivity contribution in [2.45, 2.75) is 30.9 Å². The van der Waals surface area contributed by atoms with Crippen molar-refractivity contribution in [2.75, 3.05) is 0 Å². The molecule has 2 aromatic rings. The molecule has 0 unspecified atom stereocenters. The zero-order chi connectivity index (χ0) is 15.7. The van der Waals surface area contributed by atoms with E-state index in [9.17, 15) is 9.59 Å². The highest BCUT2D eigenvalue weighted by molar-refractivity contribution is 5.93. The number of hydrogen-bond donors (Lipinski definition) is 0. The molecule has 1 saturated heterocycles. The first-order chi connectivity index (χ1) is 11.2. The van der Waals surface area contributed by atoms with Crippen LogP contribution < -0.4 is 0 Å². The van der Waals surface area contributed by atoms with Gasteiger partial charge in [0.15, 0.2) is 0 Å². The molecule has 114 valence electrons. The summed E-state index contributed by atoms with van der Waals surface area (Å²) in [4.78, 5) is 25.6. The van der Waals surface area contributed by atoms with Crippen molar-refractivity contribution < 1.29 is 14.3 Å². The lowest BCUT2D eigenvalue weighted by Gasteiger charge is -2.47. The zero-order valence-electron chi connectivity index (χ0n) is 12.6. The fraction of sp³-hybridized carbons (Fsp3) is 0.263. The summed E-state index contributed by atoms with van der Waals surface area (Å²) >= 11 is 0. The zero-order valence-corrected chi connectivity index (χ0v) is 12.6. The number of benzene rings is 2. The summed E-state index contributed by atoms with van der Waals surface area (Å²) in [5.74, 6) is -0.247. The molecule has 4 heteroatoms. The lowest BCUT2D eigenvalue weighted by molar-refractivity contribution is -0.127. The largest absolute Gasteiger partial charge is 0.443 e. The molecule has 23 heavy (non-hydrogen) atoms. The third-order valence-electron chi connectivity index (χ3n) is 5.41. The van der Waals surface area contributed by atoms with Gasteiger partial charge in [-0.1, -0.05) is 48.5 Å². The van der Waals surface area contributed by atoms with Crippen LogP contribution in [0.15, 0.2) is 48.5 Å². The normalized spacial score (nSPS) is 29.6. The van der Waals surface area contributed by atoms with Gasteiger partial charge in [-0.3, -0.25) is 4.79 Å². The van der Waals surface area contributed by atoms with Gasteiger partial charge in [0.2, 0.25) is 5.91 Å². The van der Waals surface area contributed by atoms with Crippen molar-refractivity contribution >= 4 is 12.0 Å². The van der Waals surface area contributed by atoms with Gasteiger partial charge in [-0.2, -0.15) is 0 Å². The van der Waals surface area contributed by atoms with E-state index in [4.69, 9.17) is 4.74 Å².